The number of imidazole rings is 1. The number of benzene rings is 2. The van der Waals surface area contributed by atoms with Gasteiger partial charge in [0.1, 0.15) is 5.69 Å². The van der Waals surface area contributed by atoms with Gasteiger partial charge in [-0.1, -0.05) is 48.0 Å². The van der Waals surface area contributed by atoms with Crippen molar-refractivity contribution < 1.29 is 4.79 Å². The molecule has 0 saturated heterocycles. The number of nitrogens with zero attached hydrogens (tertiary/aromatic N) is 4. The predicted octanol–water partition coefficient (Wildman–Crippen LogP) is 5.02. The second-order valence-electron chi connectivity index (χ2n) is 7.12. The molecule has 5 aromatic rings. The molecule has 0 unspecified atom stereocenters. The Balaban J connectivity index is 1.45. The topological polar surface area (TPSA) is 64.2 Å². The zero-order valence-electron chi connectivity index (χ0n) is 16.5. The molecule has 0 radical (unpaired) electrons. The van der Waals surface area contributed by atoms with Gasteiger partial charge in [-0.2, -0.15) is 5.10 Å². The largest absolute Gasteiger partial charge is 0.320 e. The summed E-state index contributed by atoms with van der Waals surface area (Å²) in [7, 11) is 1.78. The van der Waals surface area contributed by atoms with E-state index in [0.717, 1.165) is 27.5 Å². The van der Waals surface area contributed by atoms with Crippen LogP contribution in [0.4, 0.5) is 5.69 Å². The van der Waals surface area contributed by atoms with Crippen molar-refractivity contribution in [3.05, 3.63) is 83.6 Å². The summed E-state index contributed by atoms with van der Waals surface area (Å²) in [5.74, 6) is -0.211. The van der Waals surface area contributed by atoms with Crippen LogP contribution in [0.5, 0.6) is 0 Å². The lowest BCUT2D eigenvalue weighted by Crippen LogP contribution is -2.16. The third-order valence-electron chi connectivity index (χ3n) is 5.00. The number of fused-ring (bicyclic) bond motifs is 1. The Hall–Kier alpha value is -3.71. The van der Waals surface area contributed by atoms with Gasteiger partial charge in [0.2, 0.25) is 0 Å². The maximum Gasteiger partial charge on any atom is 0.273 e. The summed E-state index contributed by atoms with van der Waals surface area (Å²) >= 11 is 1.58. The van der Waals surface area contributed by atoms with E-state index in [4.69, 9.17) is 0 Å². The monoisotopic (exact) mass is 413 g/mol. The number of hydrogen-bond donors (Lipinski definition) is 1. The Labute approximate surface area is 177 Å². The van der Waals surface area contributed by atoms with Gasteiger partial charge in [-0.3, -0.25) is 13.9 Å². The first kappa shape index (κ1) is 18.3. The highest BCUT2D eigenvalue weighted by molar-refractivity contribution is 7.15. The van der Waals surface area contributed by atoms with E-state index in [0.29, 0.717) is 11.4 Å². The Kier molecular flexibility index (Phi) is 4.44. The van der Waals surface area contributed by atoms with Crippen LogP contribution in [-0.2, 0) is 7.05 Å². The van der Waals surface area contributed by atoms with Crippen LogP contribution in [0.3, 0.4) is 0 Å². The van der Waals surface area contributed by atoms with Gasteiger partial charge in [-0.05, 0) is 19.1 Å². The predicted molar refractivity (Wildman–Crippen MR) is 120 cm³/mol. The fraction of sp³-hybridized carbons (Fsp3) is 0.0870. The summed E-state index contributed by atoms with van der Waals surface area (Å²) < 4.78 is 3.59. The van der Waals surface area contributed by atoms with Gasteiger partial charge in [-0.15, -0.1) is 11.3 Å². The van der Waals surface area contributed by atoms with Crippen molar-refractivity contribution in [2.45, 2.75) is 6.92 Å². The molecule has 1 amide bonds. The number of hydrogen-bond acceptors (Lipinski definition) is 4. The summed E-state index contributed by atoms with van der Waals surface area (Å²) in [4.78, 5) is 18.6. The van der Waals surface area contributed by atoms with E-state index in [1.54, 1.807) is 23.1 Å². The third kappa shape index (κ3) is 3.29. The van der Waals surface area contributed by atoms with E-state index in [9.17, 15) is 4.79 Å². The number of rotatable bonds is 4. The number of thiazole rings is 1. The van der Waals surface area contributed by atoms with Crippen LogP contribution in [0, 0.1) is 6.92 Å². The number of amides is 1. The fourth-order valence-corrected chi connectivity index (χ4v) is 4.10. The van der Waals surface area contributed by atoms with Crippen LogP contribution in [-0.4, -0.2) is 25.1 Å². The molecule has 0 saturated carbocycles. The van der Waals surface area contributed by atoms with E-state index in [-0.39, 0.29) is 5.91 Å². The Morgan fingerprint density at radius 3 is 2.67 bits per heavy atom. The number of carbonyl (C=O) groups excluding carboxylic acids is 1. The first-order valence-electron chi connectivity index (χ1n) is 9.52. The second-order valence-corrected chi connectivity index (χ2v) is 8.00. The Morgan fingerprint density at radius 2 is 1.87 bits per heavy atom. The lowest BCUT2D eigenvalue weighted by Gasteiger charge is -2.09. The smallest absolute Gasteiger partial charge is 0.273 e. The maximum atomic E-state index is 13.0. The lowest BCUT2D eigenvalue weighted by atomic mass is 10.1. The van der Waals surface area contributed by atoms with Crippen LogP contribution < -0.4 is 5.32 Å². The molecule has 0 aliphatic carbocycles. The van der Waals surface area contributed by atoms with Crippen LogP contribution >= 0.6 is 11.3 Å². The normalized spacial score (nSPS) is 11.1. The molecule has 0 atom stereocenters. The molecule has 6 nitrogen and oxygen atoms in total. The molecule has 0 spiro atoms. The number of anilines is 1. The van der Waals surface area contributed by atoms with Gasteiger partial charge in [-0.25, -0.2) is 4.98 Å². The van der Waals surface area contributed by atoms with Crippen LogP contribution in [0.1, 0.15) is 16.1 Å². The van der Waals surface area contributed by atoms with Crippen molar-refractivity contribution in [3.8, 4) is 22.5 Å². The molecular formula is C23H19N5OS. The number of carbonyl (C=O) groups is 1. The minimum absolute atomic E-state index is 0.211. The Morgan fingerprint density at radius 1 is 1.07 bits per heavy atom. The van der Waals surface area contributed by atoms with Crippen molar-refractivity contribution >= 4 is 27.9 Å². The van der Waals surface area contributed by atoms with Crippen molar-refractivity contribution in [1.82, 2.24) is 19.2 Å². The molecule has 30 heavy (non-hydrogen) atoms. The molecule has 0 bridgehead atoms. The van der Waals surface area contributed by atoms with E-state index < -0.39 is 0 Å². The van der Waals surface area contributed by atoms with Gasteiger partial charge >= 0.3 is 0 Å². The quantitative estimate of drug-likeness (QED) is 0.450. The van der Waals surface area contributed by atoms with Crippen LogP contribution in [0.15, 0.2) is 72.4 Å². The SMILES string of the molecule is Cc1ccc(-c2cc(C(=O)Nc3ccccc3-c3cn4ccsc4n3)n(C)n2)cc1. The van der Waals surface area contributed by atoms with Gasteiger partial charge in [0.25, 0.3) is 5.91 Å². The summed E-state index contributed by atoms with van der Waals surface area (Å²) in [6, 6.07) is 17.6. The molecule has 2 aromatic carbocycles. The van der Waals surface area contributed by atoms with Crippen LogP contribution in [0.25, 0.3) is 27.5 Å². The number of para-hydroxylation sites is 1. The first-order chi connectivity index (χ1) is 14.6. The maximum absolute atomic E-state index is 13.0. The molecule has 3 heterocycles. The number of aryl methyl sites for hydroxylation is 2. The van der Waals surface area contributed by atoms with E-state index in [2.05, 4.69) is 15.4 Å². The average molecular weight is 414 g/mol. The fourth-order valence-electron chi connectivity index (χ4n) is 3.40. The number of nitrogens with one attached hydrogen (secondary N) is 1. The van der Waals surface area contributed by atoms with Crippen LogP contribution in [0.2, 0.25) is 0 Å². The van der Waals surface area contributed by atoms with Gasteiger partial charge in [0, 0.05) is 35.9 Å². The van der Waals surface area contributed by atoms with Gasteiger partial charge < -0.3 is 5.32 Å². The van der Waals surface area contributed by atoms with Crippen molar-refractivity contribution in [2.75, 3.05) is 5.32 Å². The van der Waals surface area contributed by atoms with Gasteiger partial charge in [0.15, 0.2) is 4.96 Å². The number of aromatic nitrogens is 4. The molecule has 0 fully saturated rings. The van der Waals surface area contributed by atoms with Crippen molar-refractivity contribution in [2.24, 2.45) is 7.05 Å². The summed E-state index contributed by atoms with van der Waals surface area (Å²) in [6.07, 6.45) is 3.94. The first-order valence-corrected chi connectivity index (χ1v) is 10.4. The standard InChI is InChI=1S/C23H19N5OS/c1-15-7-9-16(10-8-15)19-13-21(27(2)26-19)22(29)24-18-6-4-3-5-17(18)20-14-28-11-12-30-23(28)25-20/h3-14H,1-2H3,(H,24,29). The summed E-state index contributed by atoms with van der Waals surface area (Å²) in [5, 5.41) is 9.54. The summed E-state index contributed by atoms with van der Waals surface area (Å²) in [6.45, 7) is 2.04. The average Bonchev–Trinajstić information content (AvgIpc) is 3.44. The molecule has 1 N–H and O–H groups in total. The van der Waals surface area contributed by atoms with E-state index in [1.807, 2.05) is 83.7 Å². The highest BCUT2D eigenvalue weighted by Crippen LogP contribution is 2.29. The zero-order chi connectivity index (χ0) is 20.7. The minimum Gasteiger partial charge on any atom is -0.320 e. The molecule has 3 aromatic heterocycles. The molecule has 0 aliphatic heterocycles. The molecule has 5 rings (SSSR count). The highest BCUT2D eigenvalue weighted by Gasteiger charge is 2.17. The third-order valence-corrected chi connectivity index (χ3v) is 5.77. The van der Waals surface area contributed by atoms with E-state index in [1.165, 1.54) is 5.56 Å². The summed E-state index contributed by atoms with van der Waals surface area (Å²) in [5.41, 5.74) is 5.84. The molecule has 148 valence electrons. The lowest BCUT2D eigenvalue weighted by molar-refractivity contribution is 0.101. The van der Waals surface area contributed by atoms with Gasteiger partial charge in [0.05, 0.1) is 17.1 Å². The van der Waals surface area contributed by atoms with Crippen molar-refractivity contribution in [3.63, 3.8) is 0 Å². The molecular weight excluding hydrogens is 394 g/mol. The minimum atomic E-state index is -0.211. The van der Waals surface area contributed by atoms with Crippen molar-refractivity contribution in [1.29, 1.82) is 0 Å². The zero-order valence-corrected chi connectivity index (χ0v) is 17.4. The Bertz CT molecular complexity index is 1330. The van der Waals surface area contributed by atoms with E-state index >= 15 is 0 Å². The second kappa shape index (κ2) is 7.27. The molecule has 7 heteroatoms. The molecule has 0 aliphatic rings. The highest BCUT2D eigenvalue weighted by atomic mass is 32.1.